The smallest absolute Gasteiger partial charge is 0.208 e. The van der Waals surface area contributed by atoms with E-state index in [-0.39, 0.29) is 5.56 Å². The minimum Gasteiger partial charge on any atom is -0.504 e. The molecule has 0 aliphatic heterocycles. The lowest BCUT2D eigenvalue weighted by molar-refractivity contribution is 0.330. The molecule has 0 radical (unpaired) electrons. The van der Waals surface area contributed by atoms with Gasteiger partial charge in [-0.3, -0.25) is 0 Å². The van der Waals surface area contributed by atoms with E-state index in [1.807, 2.05) is 72.8 Å². The van der Waals surface area contributed by atoms with Crippen LogP contribution in [0.1, 0.15) is 24.5 Å². The number of hydrogen-bond donors (Lipinski definition) is 5. The van der Waals surface area contributed by atoms with Gasteiger partial charge < -0.3 is 29.9 Å². The Bertz CT molecular complexity index is 3340. The Balaban J connectivity index is 1.28. The normalized spacial score (nSPS) is 11.8. The fourth-order valence-electron chi connectivity index (χ4n) is 8.83. The van der Waals surface area contributed by atoms with Crippen LogP contribution in [0, 0.1) is 6.92 Å². The molecule has 0 unspecified atom stereocenters. The molecule has 9 aromatic rings. The summed E-state index contributed by atoms with van der Waals surface area (Å²) in [7, 11) is 0. The van der Waals surface area contributed by atoms with E-state index in [0.29, 0.717) is 10.9 Å². The highest BCUT2D eigenvalue weighted by Crippen LogP contribution is 2.56. The highest BCUT2D eigenvalue weighted by Gasteiger charge is 2.26. The quantitative estimate of drug-likeness (QED) is 0.0451. The number of phenolic OH excluding ortho intramolecular Hbond substituents is 5. The van der Waals surface area contributed by atoms with Crippen LogP contribution in [0.3, 0.4) is 0 Å². The van der Waals surface area contributed by atoms with Gasteiger partial charge in [-0.05, 0) is 126 Å². The first-order valence-electron chi connectivity index (χ1n) is 20.8. The average Bonchev–Trinajstić information content (AvgIpc) is 3.39. The number of benzene rings is 8. The zero-order chi connectivity index (χ0) is 43.8. The van der Waals surface area contributed by atoms with E-state index in [1.54, 1.807) is 12.3 Å². The predicted molar refractivity (Wildman–Crippen MR) is 259 cm³/mol. The molecule has 6 nitrogen and oxygen atoms in total. The number of aryl methyl sites for hydroxylation is 1. The van der Waals surface area contributed by atoms with Crippen LogP contribution in [0.15, 0.2) is 187 Å². The molecule has 0 bridgehead atoms. The molecule has 63 heavy (non-hydrogen) atoms. The van der Waals surface area contributed by atoms with Gasteiger partial charge in [-0.25, -0.2) is 0 Å². The topological polar surface area (TPSA) is 114 Å². The lowest BCUT2D eigenvalue weighted by Gasteiger charge is -2.20. The van der Waals surface area contributed by atoms with Crippen molar-refractivity contribution in [2.45, 2.75) is 20.3 Å². The third kappa shape index (κ3) is 6.98. The Morgan fingerprint density at radius 3 is 1.59 bits per heavy atom. The summed E-state index contributed by atoms with van der Waals surface area (Å²) in [6.07, 6.45) is 10.9. The van der Waals surface area contributed by atoms with Crippen molar-refractivity contribution >= 4 is 48.9 Å². The molecule has 0 aliphatic carbocycles. The van der Waals surface area contributed by atoms with Gasteiger partial charge in [0.05, 0.1) is 11.8 Å². The van der Waals surface area contributed by atoms with Crippen molar-refractivity contribution in [1.29, 1.82) is 0 Å². The predicted octanol–water partition coefficient (Wildman–Crippen LogP) is 15.1. The number of aromatic hydroxyl groups is 5. The minimum absolute atomic E-state index is 0.195. The van der Waals surface area contributed by atoms with Crippen molar-refractivity contribution in [3.63, 3.8) is 0 Å². The average molecular weight is 825 g/mol. The highest BCUT2D eigenvalue weighted by molar-refractivity contribution is 6.24. The second-order valence-electron chi connectivity index (χ2n) is 15.5. The van der Waals surface area contributed by atoms with Crippen molar-refractivity contribution in [3.05, 3.63) is 194 Å². The Morgan fingerprint density at radius 2 is 1.00 bits per heavy atom. The number of allylic oxidation sites excluding steroid dienone is 5. The molecule has 0 amide bonds. The summed E-state index contributed by atoms with van der Waals surface area (Å²) in [5.41, 5.74) is 10.0. The molecular weight excluding hydrogens is 781 g/mol. The lowest BCUT2D eigenvalue weighted by atomic mass is 9.83. The summed E-state index contributed by atoms with van der Waals surface area (Å²) in [5.74, 6) is -4.34. The molecule has 8 aromatic carbocycles. The van der Waals surface area contributed by atoms with Gasteiger partial charge in [0.25, 0.3) is 0 Å². The van der Waals surface area contributed by atoms with Crippen LogP contribution in [-0.2, 0) is 0 Å². The molecule has 0 aliphatic rings. The van der Waals surface area contributed by atoms with Crippen molar-refractivity contribution in [1.82, 2.24) is 0 Å². The number of para-hydroxylation sites is 1. The molecule has 0 fully saturated rings. The second kappa shape index (κ2) is 16.7. The van der Waals surface area contributed by atoms with Gasteiger partial charge in [-0.1, -0.05) is 159 Å². The largest absolute Gasteiger partial charge is 0.504 e. The standard InChI is InChI=1S/C57H44O6/c1-4-6-7-17-35(5-2)48-33-37(30-31-63-49-27-15-14-20-39(49)34(48)3)36-18-16-19-38(32-36)50-42-23-10-12-25-44(42)51(45-26-13-11-24-43(45)50)46-28-29-47(41-22-9-8-21-40(41)46)52-53(58)55(60)57(62)56(61)54(52)59/h5-33,58-62H,2,4H2,1,3H3/b7-6-,31-30?,35-17+,37-33?,48-34?. The summed E-state index contributed by atoms with van der Waals surface area (Å²) >= 11 is 0. The van der Waals surface area contributed by atoms with Crippen LogP contribution in [0.25, 0.3) is 93.4 Å². The molecule has 308 valence electrons. The van der Waals surface area contributed by atoms with E-state index in [0.717, 1.165) is 94.4 Å². The number of phenols is 5. The lowest BCUT2D eigenvalue weighted by Crippen LogP contribution is -1.93. The first kappa shape index (κ1) is 40.2. The Hall–Kier alpha value is -8.22. The Kier molecular flexibility index (Phi) is 10.6. The van der Waals surface area contributed by atoms with Crippen LogP contribution in [0.5, 0.6) is 28.7 Å². The molecule has 0 saturated heterocycles. The van der Waals surface area contributed by atoms with Crippen molar-refractivity contribution in [2.24, 2.45) is 0 Å². The first-order valence-corrected chi connectivity index (χ1v) is 20.8. The van der Waals surface area contributed by atoms with Crippen molar-refractivity contribution in [2.75, 3.05) is 0 Å². The summed E-state index contributed by atoms with van der Waals surface area (Å²) in [6, 6.07) is 49.0. The van der Waals surface area contributed by atoms with Gasteiger partial charge >= 0.3 is 0 Å². The maximum atomic E-state index is 11.0. The van der Waals surface area contributed by atoms with Gasteiger partial charge in [0.15, 0.2) is 11.5 Å². The second-order valence-corrected chi connectivity index (χ2v) is 15.5. The third-order valence-corrected chi connectivity index (χ3v) is 11.9. The zero-order valence-corrected chi connectivity index (χ0v) is 34.8. The molecule has 1 aromatic heterocycles. The van der Waals surface area contributed by atoms with Gasteiger partial charge in [0.2, 0.25) is 17.2 Å². The highest BCUT2D eigenvalue weighted by atomic mass is 16.4. The van der Waals surface area contributed by atoms with Crippen LogP contribution in [0.4, 0.5) is 0 Å². The van der Waals surface area contributed by atoms with Crippen LogP contribution >= 0.6 is 0 Å². The van der Waals surface area contributed by atoms with E-state index in [2.05, 4.69) is 111 Å². The molecule has 0 spiro atoms. The van der Waals surface area contributed by atoms with E-state index >= 15 is 0 Å². The van der Waals surface area contributed by atoms with Crippen molar-refractivity contribution < 1.29 is 29.9 Å². The number of hydrogen-bond acceptors (Lipinski definition) is 6. The number of rotatable bonds is 8. The summed E-state index contributed by atoms with van der Waals surface area (Å²) in [5, 5.41) is 59.7. The van der Waals surface area contributed by atoms with E-state index in [1.165, 1.54) is 0 Å². The molecule has 1 heterocycles. The van der Waals surface area contributed by atoms with Gasteiger partial charge in [-0.2, -0.15) is 0 Å². The zero-order valence-electron chi connectivity index (χ0n) is 34.8. The van der Waals surface area contributed by atoms with Gasteiger partial charge in [0.1, 0.15) is 5.58 Å². The first-order chi connectivity index (χ1) is 30.7. The summed E-state index contributed by atoms with van der Waals surface area (Å²) in [4.78, 5) is 0. The number of fused-ring (bicyclic) bond motifs is 4. The fraction of sp³-hybridized carbons (Fsp3) is 0.0526. The molecule has 0 atom stereocenters. The Labute approximate surface area is 364 Å². The summed E-state index contributed by atoms with van der Waals surface area (Å²) in [6.45, 7) is 8.45. The fourth-order valence-corrected chi connectivity index (χ4v) is 8.83. The maximum absolute atomic E-state index is 11.0. The molecule has 0 saturated carbocycles. The third-order valence-electron chi connectivity index (χ3n) is 11.9. The van der Waals surface area contributed by atoms with E-state index in [4.69, 9.17) is 4.42 Å². The SMILES string of the molecule is C=C/C(=C\C=C/CC)c1cc(-c2cccc(-c3c4ccccc4c(-c4ccc(-c5c(O)c(O)c(O)c(O)c5O)c5ccccc45)c4ccccc34)c2)ccoc2ccccc2c1C. The van der Waals surface area contributed by atoms with E-state index in [9.17, 15) is 25.5 Å². The maximum Gasteiger partial charge on any atom is 0.208 e. The Morgan fingerprint density at radius 1 is 0.508 bits per heavy atom. The molecular formula is C57H44O6. The minimum atomic E-state index is -1.00. The molecule has 5 N–H and O–H groups in total. The van der Waals surface area contributed by atoms with Crippen molar-refractivity contribution in [3.8, 4) is 73.3 Å². The van der Waals surface area contributed by atoms with Crippen LogP contribution in [-0.4, -0.2) is 25.5 Å². The van der Waals surface area contributed by atoms with E-state index < -0.39 is 28.7 Å². The van der Waals surface area contributed by atoms with Gasteiger partial charge in [0, 0.05) is 5.39 Å². The molecule has 9 rings (SSSR count). The van der Waals surface area contributed by atoms with Crippen LogP contribution in [0.2, 0.25) is 0 Å². The van der Waals surface area contributed by atoms with Crippen LogP contribution < -0.4 is 0 Å². The summed E-state index contributed by atoms with van der Waals surface area (Å²) < 4.78 is 6.29. The van der Waals surface area contributed by atoms with Gasteiger partial charge in [-0.15, -0.1) is 0 Å². The molecule has 6 heteroatoms. The monoisotopic (exact) mass is 824 g/mol.